The number of piperidine rings is 1. The van der Waals surface area contributed by atoms with E-state index in [-0.39, 0.29) is 11.4 Å². The van der Waals surface area contributed by atoms with Crippen molar-refractivity contribution in [3.8, 4) is 0 Å². The van der Waals surface area contributed by atoms with E-state index in [1.165, 1.54) is 5.56 Å². The number of hydrogen-bond donors (Lipinski definition) is 2. The van der Waals surface area contributed by atoms with Crippen LogP contribution in [0.2, 0.25) is 0 Å². The molecule has 1 amide bonds. The molecule has 152 valence electrons. The first-order valence-corrected chi connectivity index (χ1v) is 10.5. The third-order valence-corrected chi connectivity index (χ3v) is 6.54. The van der Waals surface area contributed by atoms with Gasteiger partial charge in [0.1, 0.15) is 0 Å². The molecule has 2 N–H and O–H groups in total. The van der Waals surface area contributed by atoms with Gasteiger partial charge in [0.05, 0.1) is 5.54 Å². The fourth-order valence-electron chi connectivity index (χ4n) is 4.85. The molecule has 0 bridgehead atoms. The summed E-state index contributed by atoms with van der Waals surface area (Å²) < 4.78 is 0. The van der Waals surface area contributed by atoms with Crippen LogP contribution in [0.15, 0.2) is 91.0 Å². The summed E-state index contributed by atoms with van der Waals surface area (Å²) in [5, 5.41) is 14.9. The molecule has 1 aliphatic carbocycles. The number of likely N-dealkylation sites (tertiary alicyclic amines) is 1. The molecule has 30 heavy (non-hydrogen) atoms. The van der Waals surface area contributed by atoms with Gasteiger partial charge in [-0.1, -0.05) is 91.0 Å². The summed E-state index contributed by atoms with van der Waals surface area (Å²) in [5.74, 6) is 0.102. The number of aliphatic hydroxyl groups is 1. The predicted octanol–water partition coefficient (Wildman–Crippen LogP) is 3.31. The van der Waals surface area contributed by atoms with Crippen LogP contribution in [0.25, 0.3) is 0 Å². The fraction of sp³-hybridized carbons (Fsp3) is 0.269. The molecule has 4 heteroatoms. The summed E-state index contributed by atoms with van der Waals surface area (Å²) in [4.78, 5) is 15.9. The van der Waals surface area contributed by atoms with Crippen molar-refractivity contribution in [1.29, 1.82) is 0 Å². The van der Waals surface area contributed by atoms with E-state index in [1.807, 2.05) is 66.7 Å². The largest absolute Gasteiger partial charge is 0.372 e. The Morgan fingerprint density at radius 1 is 0.933 bits per heavy atom. The van der Waals surface area contributed by atoms with Gasteiger partial charge >= 0.3 is 0 Å². The molecule has 2 unspecified atom stereocenters. The lowest BCUT2D eigenvalue weighted by Crippen LogP contribution is -2.52. The van der Waals surface area contributed by atoms with E-state index in [2.05, 4.69) is 34.5 Å². The van der Waals surface area contributed by atoms with Gasteiger partial charge in [0.25, 0.3) is 5.91 Å². The van der Waals surface area contributed by atoms with Gasteiger partial charge in [-0.3, -0.25) is 9.69 Å². The lowest BCUT2D eigenvalue weighted by atomic mass is 9.85. The Bertz CT molecular complexity index is 983. The second-order valence-corrected chi connectivity index (χ2v) is 8.61. The number of carbonyl (C=O) groups is 1. The number of amides is 1. The summed E-state index contributed by atoms with van der Waals surface area (Å²) in [5.41, 5.74) is 0.508. The highest BCUT2D eigenvalue weighted by Crippen LogP contribution is 2.50. The van der Waals surface area contributed by atoms with Crippen molar-refractivity contribution < 1.29 is 9.90 Å². The first-order chi connectivity index (χ1) is 14.6. The lowest BCUT2D eigenvalue weighted by Gasteiger charge is -2.31. The lowest BCUT2D eigenvalue weighted by molar-refractivity contribution is -0.137. The Morgan fingerprint density at radius 3 is 2.03 bits per heavy atom. The maximum absolute atomic E-state index is 13.5. The Balaban J connectivity index is 1.37. The van der Waals surface area contributed by atoms with Crippen LogP contribution in [0.5, 0.6) is 0 Å². The normalized spacial score (nSPS) is 23.0. The molecule has 5 rings (SSSR count). The molecular weight excluding hydrogens is 372 g/mol. The Morgan fingerprint density at radius 2 is 1.47 bits per heavy atom. The van der Waals surface area contributed by atoms with Gasteiger partial charge in [0, 0.05) is 19.6 Å². The molecule has 0 spiro atoms. The second-order valence-electron chi connectivity index (χ2n) is 8.61. The molecule has 2 atom stereocenters. The zero-order chi connectivity index (χ0) is 20.6. The molecule has 0 aromatic heterocycles. The van der Waals surface area contributed by atoms with Crippen LogP contribution in [0.3, 0.4) is 0 Å². The first-order valence-electron chi connectivity index (χ1n) is 10.5. The molecule has 0 radical (unpaired) electrons. The quantitative estimate of drug-likeness (QED) is 0.670. The minimum Gasteiger partial charge on any atom is -0.372 e. The van der Waals surface area contributed by atoms with E-state index in [1.54, 1.807) is 0 Å². The van der Waals surface area contributed by atoms with Crippen LogP contribution in [0, 0.1) is 5.92 Å². The topological polar surface area (TPSA) is 52.6 Å². The van der Waals surface area contributed by atoms with Gasteiger partial charge in [-0.25, -0.2) is 0 Å². The van der Waals surface area contributed by atoms with E-state index < -0.39 is 5.60 Å². The van der Waals surface area contributed by atoms with Crippen LogP contribution < -0.4 is 5.32 Å². The standard InChI is InChI=1S/C26H26N2O2/c29-24(26(30,21-12-6-2-7-13-21)22-14-8-3-9-15-22)27-25-16-23(25)18-28(19-25)17-20-10-4-1-5-11-20/h1-15,23,30H,16-19H2,(H,27,29). The average Bonchev–Trinajstić information content (AvgIpc) is 3.34. The van der Waals surface area contributed by atoms with E-state index in [0.717, 1.165) is 26.1 Å². The predicted molar refractivity (Wildman–Crippen MR) is 117 cm³/mol. The van der Waals surface area contributed by atoms with Crippen molar-refractivity contribution in [3.63, 3.8) is 0 Å². The van der Waals surface area contributed by atoms with Crippen LogP contribution in [-0.4, -0.2) is 34.5 Å². The third-order valence-electron chi connectivity index (χ3n) is 6.54. The fourth-order valence-corrected chi connectivity index (χ4v) is 4.85. The molecule has 1 saturated heterocycles. The Labute approximate surface area is 177 Å². The second kappa shape index (κ2) is 7.38. The summed E-state index contributed by atoms with van der Waals surface area (Å²) in [6.07, 6.45) is 0.976. The molecular formula is C26H26N2O2. The minimum absolute atomic E-state index is 0.233. The summed E-state index contributed by atoms with van der Waals surface area (Å²) in [6.45, 7) is 2.68. The molecule has 1 heterocycles. The highest BCUT2D eigenvalue weighted by molar-refractivity contribution is 5.91. The highest BCUT2D eigenvalue weighted by atomic mass is 16.3. The average molecular weight is 399 g/mol. The third kappa shape index (κ3) is 3.32. The molecule has 1 aliphatic heterocycles. The number of benzene rings is 3. The van der Waals surface area contributed by atoms with Gasteiger partial charge in [0.2, 0.25) is 0 Å². The van der Waals surface area contributed by atoms with E-state index in [0.29, 0.717) is 17.0 Å². The smallest absolute Gasteiger partial charge is 0.261 e. The maximum atomic E-state index is 13.5. The molecule has 3 aromatic rings. The van der Waals surface area contributed by atoms with Crippen LogP contribution in [0.4, 0.5) is 0 Å². The van der Waals surface area contributed by atoms with Crippen molar-refractivity contribution >= 4 is 5.91 Å². The van der Waals surface area contributed by atoms with E-state index in [9.17, 15) is 9.90 Å². The maximum Gasteiger partial charge on any atom is 0.261 e. The summed E-state index contributed by atoms with van der Waals surface area (Å²) in [6, 6.07) is 28.9. The van der Waals surface area contributed by atoms with Crippen molar-refractivity contribution in [3.05, 3.63) is 108 Å². The number of carbonyl (C=O) groups excluding carboxylic acids is 1. The number of hydrogen-bond acceptors (Lipinski definition) is 3. The molecule has 2 fully saturated rings. The van der Waals surface area contributed by atoms with Crippen molar-refractivity contribution in [1.82, 2.24) is 10.2 Å². The number of nitrogens with zero attached hydrogens (tertiary/aromatic N) is 1. The zero-order valence-corrected chi connectivity index (χ0v) is 16.9. The van der Waals surface area contributed by atoms with Crippen LogP contribution in [-0.2, 0) is 16.9 Å². The van der Waals surface area contributed by atoms with E-state index >= 15 is 0 Å². The monoisotopic (exact) mass is 398 g/mol. The van der Waals surface area contributed by atoms with Gasteiger partial charge in [-0.2, -0.15) is 0 Å². The molecule has 2 aliphatic rings. The number of nitrogens with one attached hydrogen (secondary N) is 1. The molecule has 1 saturated carbocycles. The number of rotatable bonds is 6. The SMILES string of the molecule is O=C(NC12CC1CN(Cc1ccccc1)C2)C(O)(c1ccccc1)c1ccccc1. The summed E-state index contributed by atoms with van der Waals surface area (Å²) in [7, 11) is 0. The number of fused-ring (bicyclic) bond motifs is 1. The molecule has 3 aromatic carbocycles. The van der Waals surface area contributed by atoms with Gasteiger partial charge in [-0.15, -0.1) is 0 Å². The van der Waals surface area contributed by atoms with Crippen molar-refractivity contribution in [2.45, 2.75) is 24.1 Å². The van der Waals surface area contributed by atoms with Gasteiger partial charge in [0.15, 0.2) is 5.60 Å². The van der Waals surface area contributed by atoms with Crippen molar-refractivity contribution in [2.24, 2.45) is 5.92 Å². The van der Waals surface area contributed by atoms with Crippen LogP contribution >= 0.6 is 0 Å². The Kier molecular flexibility index (Phi) is 4.69. The van der Waals surface area contributed by atoms with Gasteiger partial charge < -0.3 is 10.4 Å². The summed E-state index contributed by atoms with van der Waals surface area (Å²) >= 11 is 0. The minimum atomic E-state index is -1.71. The Hall–Kier alpha value is -2.95. The van der Waals surface area contributed by atoms with Crippen molar-refractivity contribution in [2.75, 3.05) is 13.1 Å². The first kappa shape index (κ1) is 19.0. The van der Waals surface area contributed by atoms with Crippen LogP contribution in [0.1, 0.15) is 23.1 Å². The molecule has 4 nitrogen and oxygen atoms in total. The van der Waals surface area contributed by atoms with Gasteiger partial charge in [-0.05, 0) is 29.0 Å². The zero-order valence-electron chi connectivity index (χ0n) is 16.9. The highest BCUT2D eigenvalue weighted by Gasteiger charge is 2.62. The van der Waals surface area contributed by atoms with E-state index in [4.69, 9.17) is 0 Å².